The lowest BCUT2D eigenvalue weighted by atomic mass is 9.94. The monoisotopic (exact) mass is 236 g/mol. The molecule has 1 aliphatic heterocycles. The van der Waals surface area contributed by atoms with Crippen LogP contribution >= 0.6 is 0 Å². The van der Waals surface area contributed by atoms with Crippen LogP contribution in [-0.4, -0.2) is 37.1 Å². The lowest BCUT2D eigenvalue weighted by Crippen LogP contribution is -2.46. The number of piperidine rings is 1. The molecule has 1 heterocycles. The predicted molar refractivity (Wildman–Crippen MR) is 72.1 cm³/mol. The Morgan fingerprint density at radius 3 is 2.12 bits per heavy atom. The molecule has 0 spiro atoms. The van der Waals surface area contributed by atoms with Gasteiger partial charge in [0.2, 0.25) is 0 Å². The van der Waals surface area contributed by atoms with Gasteiger partial charge in [0.1, 0.15) is 0 Å². The Balaban J connectivity index is 1.46. The summed E-state index contributed by atoms with van der Waals surface area (Å²) in [4.78, 5) is 2.78. The van der Waals surface area contributed by atoms with Gasteiger partial charge in [0.25, 0.3) is 0 Å². The number of rotatable bonds is 6. The molecule has 1 saturated heterocycles. The third kappa shape index (κ3) is 3.96. The molecule has 1 N–H and O–H groups in total. The first-order valence-electron chi connectivity index (χ1n) is 7.75. The molecule has 17 heavy (non-hydrogen) atoms. The van der Waals surface area contributed by atoms with Crippen LogP contribution in [-0.2, 0) is 0 Å². The van der Waals surface area contributed by atoms with Gasteiger partial charge in [-0.05, 0) is 62.8 Å². The predicted octanol–water partition coefficient (Wildman–Crippen LogP) is 2.50. The third-order valence-corrected chi connectivity index (χ3v) is 4.66. The number of hydrogen-bond donors (Lipinski definition) is 1. The first-order chi connectivity index (χ1) is 8.29. The summed E-state index contributed by atoms with van der Waals surface area (Å²) in [6, 6.07) is 0.774. The van der Waals surface area contributed by atoms with E-state index >= 15 is 0 Å². The van der Waals surface area contributed by atoms with Crippen LogP contribution in [0, 0.1) is 17.8 Å². The number of hydrogen-bond acceptors (Lipinski definition) is 2. The molecule has 0 amide bonds. The molecular formula is C15H28N2. The average Bonchev–Trinajstić information content (AvgIpc) is 3.13. The van der Waals surface area contributed by atoms with Crippen LogP contribution in [0.4, 0.5) is 0 Å². The first-order valence-corrected chi connectivity index (χ1v) is 7.75. The standard InChI is InChI=1S/C15H28N2/c1-12-6-7-16-15(8-12)11-17(9-13-2-3-13)10-14-4-5-14/h12-16H,2-11H2,1H3. The van der Waals surface area contributed by atoms with Crippen molar-refractivity contribution in [1.29, 1.82) is 0 Å². The van der Waals surface area contributed by atoms with Gasteiger partial charge < -0.3 is 10.2 Å². The zero-order valence-corrected chi connectivity index (χ0v) is 11.3. The van der Waals surface area contributed by atoms with E-state index in [1.807, 2.05) is 0 Å². The highest BCUT2D eigenvalue weighted by molar-refractivity contribution is 4.86. The molecule has 3 fully saturated rings. The van der Waals surface area contributed by atoms with E-state index in [0.29, 0.717) is 0 Å². The van der Waals surface area contributed by atoms with E-state index in [2.05, 4.69) is 17.1 Å². The quantitative estimate of drug-likeness (QED) is 0.762. The Morgan fingerprint density at radius 2 is 1.59 bits per heavy atom. The summed E-state index contributed by atoms with van der Waals surface area (Å²) in [5.41, 5.74) is 0. The van der Waals surface area contributed by atoms with Crippen molar-refractivity contribution in [3.8, 4) is 0 Å². The second-order valence-corrected chi connectivity index (χ2v) is 6.89. The van der Waals surface area contributed by atoms with Gasteiger partial charge in [-0.1, -0.05) is 6.92 Å². The molecule has 0 bridgehead atoms. The summed E-state index contributed by atoms with van der Waals surface area (Å²) in [5.74, 6) is 3.04. The van der Waals surface area contributed by atoms with Gasteiger partial charge in [0.15, 0.2) is 0 Å². The zero-order chi connectivity index (χ0) is 11.7. The van der Waals surface area contributed by atoms with Crippen molar-refractivity contribution in [2.45, 2.75) is 51.5 Å². The lowest BCUT2D eigenvalue weighted by Gasteiger charge is -2.33. The Morgan fingerprint density at radius 1 is 0.941 bits per heavy atom. The molecule has 2 saturated carbocycles. The van der Waals surface area contributed by atoms with Crippen molar-refractivity contribution in [1.82, 2.24) is 10.2 Å². The minimum absolute atomic E-state index is 0.774. The molecule has 0 aromatic heterocycles. The molecule has 3 rings (SSSR count). The maximum Gasteiger partial charge on any atom is 0.0197 e. The average molecular weight is 236 g/mol. The van der Waals surface area contributed by atoms with E-state index in [1.54, 1.807) is 0 Å². The van der Waals surface area contributed by atoms with Crippen LogP contribution in [0.1, 0.15) is 45.4 Å². The van der Waals surface area contributed by atoms with Gasteiger partial charge in [0, 0.05) is 25.7 Å². The van der Waals surface area contributed by atoms with Crippen molar-refractivity contribution in [3.05, 3.63) is 0 Å². The topological polar surface area (TPSA) is 15.3 Å². The lowest BCUT2D eigenvalue weighted by molar-refractivity contribution is 0.194. The number of nitrogens with one attached hydrogen (secondary N) is 1. The van der Waals surface area contributed by atoms with Crippen molar-refractivity contribution in [2.75, 3.05) is 26.2 Å². The number of nitrogens with zero attached hydrogens (tertiary/aromatic N) is 1. The van der Waals surface area contributed by atoms with Crippen molar-refractivity contribution in [3.63, 3.8) is 0 Å². The van der Waals surface area contributed by atoms with Gasteiger partial charge >= 0.3 is 0 Å². The Bertz CT molecular complexity index is 231. The molecule has 3 aliphatic rings. The van der Waals surface area contributed by atoms with Gasteiger partial charge in [-0.25, -0.2) is 0 Å². The molecule has 2 nitrogen and oxygen atoms in total. The maximum atomic E-state index is 3.73. The summed E-state index contributed by atoms with van der Waals surface area (Å²) < 4.78 is 0. The van der Waals surface area contributed by atoms with Crippen LogP contribution in [0.2, 0.25) is 0 Å². The minimum Gasteiger partial charge on any atom is -0.313 e. The molecular weight excluding hydrogens is 208 g/mol. The molecule has 2 aliphatic carbocycles. The Kier molecular flexibility index (Phi) is 3.72. The van der Waals surface area contributed by atoms with Gasteiger partial charge in [0.05, 0.1) is 0 Å². The van der Waals surface area contributed by atoms with Crippen LogP contribution in [0.25, 0.3) is 0 Å². The van der Waals surface area contributed by atoms with Crippen molar-refractivity contribution >= 4 is 0 Å². The van der Waals surface area contributed by atoms with Crippen molar-refractivity contribution < 1.29 is 0 Å². The Labute approximate surface area is 106 Å². The van der Waals surface area contributed by atoms with Gasteiger partial charge in [-0.3, -0.25) is 0 Å². The van der Waals surface area contributed by atoms with Gasteiger partial charge in [-0.2, -0.15) is 0 Å². The van der Waals surface area contributed by atoms with E-state index in [4.69, 9.17) is 0 Å². The molecule has 0 radical (unpaired) electrons. The SMILES string of the molecule is CC1CCNC(CN(CC2CC2)CC2CC2)C1. The van der Waals surface area contributed by atoms with E-state index in [9.17, 15) is 0 Å². The van der Waals surface area contributed by atoms with E-state index in [-0.39, 0.29) is 0 Å². The van der Waals surface area contributed by atoms with Gasteiger partial charge in [-0.15, -0.1) is 0 Å². The highest BCUT2D eigenvalue weighted by Crippen LogP contribution is 2.34. The normalized spacial score (nSPS) is 34.2. The largest absolute Gasteiger partial charge is 0.313 e. The maximum absolute atomic E-state index is 3.73. The molecule has 2 atom stereocenters. The Hall–Kier alpha value is -0.0800. The summed E-state index contributed by atoms with van der Waals surface area (Å²) in [6.07, 6.45) is 8.75. The van der Waals surface area contributed by atoms with Crippen LogP contribution in [0.3, 0.4) is 0 Å². The third-order valence-electron chi connectivity index (χ3n) is 4.66. The molecule has 2 unspecified atom stereocenters. The van der Waals surface area contributed by atoms with Crippen LogP contribution in [0.15, 0.2) is 0 Å². The minimum atomic E-state index is 0.774. The van der Waals surface area contributed by atoms with E-state index < -0.39 is 0 Å². The van der Waals surface area contributed by atoms with E-state index in [1.165, 1.54) is 64.7 Å². The summed E-state index contributed by atoms with van der Waals surface area (Å²) >= 11 is 0. The summed E-state index contributed by atoms with van der Waals surface area (Å²) in [6.45, 7) is 7.76. The highest BCUT2D eigenvalue weighted by Gasteiger charge is 2.30. The van der Waals surface area contributed by atoms with Crippen LogP contribution in [0.5, 0.6) is 0 Å². The second-order valence-electron chi connectivity index (χ2n) is 6.89. The molecule has 0 aromatic carbocycles. The smallest absolute Gasteiger partial charge is 0.0197 e. The van der Waals surface area contributed by atoms with Crippen molar-refractivity contribution in [2.24, 2.45) is 17.8 Å². The zero-order valence-electron chi connectivity index (χ0n) is 11.3. The molecule has 0 aromatic rings. The summed E-state index contributed by atoms with van der Waals surface area (Å²) in [5, 5.41) is 3.73. The molecule has 2 heteroatoms. The summed E-state index contributed by atoms with van der Waals surface area (Å²) in [7, 11) is 0. The molecule has 98 valence electrons. The highest BCUT2D eigenvalue weighted by atomic mass is 15.2. The first kappa shape index (κ1) is 12.0. The fourth-order valence-corrected chi connectivity index (χ4v) is 3.23. The van der Waals surface area contributed by atoms with Crippen LogP contribution < -0.4 is 5.32 Å². The fourth-order valence-electron chi connectivity index (χ4n) is 3.23. The fraction of sp³-hybridized carbons (Fsp3) is 1.00. The van der Waals surface area contributed by atoms with E-state index in [0.717, 1.165) is 23.8 Å². The second kappa shape index (κ2) is 5.27.